The minimum Gasteiger partial charge on any atom is -0.493 e. The highest BCUT2D eigenvalue weighted by Crippen LogP contribution is 2.33. The summed E-state index contributed by atoms with van der Waals surface area (Å²) < 4.78 is 5.65. The number of halogens is 1. The van der Waals surface area contributed by atoms with Crippen molar-refractivity contribution in [3.63, 3.8) is 0 Å². The van der Waals surface area contributed by atoms with Gasteiger partial charge in [-0.05, 0) is 44.0 Å². The van der Waals surface area contributed by atoms with Crippen LogP contribution in [0.5, 0.6) is 5.75 Å². The number of rotatable bonds is 2. The molecule has 0 spiro atoms. The molecule has 18 heavy (non-hydrogen) atoms. The van der Waals surface area contributed by atoms with Crippen LogP contribution in [0.1, 0.15) is 31.4 Å². The highest BCUT2D eigenvalue weighted by molar-refractivity contribution is 6.30. The predicted octanol–water partition coefficient (Wildman–Crippen LogP) is 3.25. The molecule has 3 nitrogen and oxygen atoms in total. The van der Waals surface area contributed by atoms with Crippen molar-refractivity contribution >= 4 is 17.5 Å². The Morgan fingerprint density at radius 2 is 2.39 bits per heavy atom. The molecule has 0 bridgehead atoms. The molecule has 1 unspecified atom stereocenters. The summed E-state index contributed by atoms with van der Waals surface area (Å²) >= 11 is 6.01. The van der Waals surface area contributed by atoms with Gasteiger partial charge in [-0.2, -0.15) is 0 Å². The first-order valence-corrected chi connectivity index (χ1v) is 6.44. The van der Waals surface area contributed by atoms with E-state index in [9.17, 15) is 4.79 Å². The van der Waals surface area contributed by atoms with E-state index in [0.29, 0.717) is 11.6 Å². The molecule has 0 radical (unpaired) electrons. The third kappa shape index (κ3) is 3.05. The third-order valence-electron chi connectivity index (χ3n) is 2.88. The lowest BCUT2D eigenvalue weighted by atomic mass is 10.0. The first-order valence-electron chi connectivity index (χ1n) is 6.06. The first kappa shape index (κ1) is 13.0. The van der Waals surface area contributed by atoms with E-state index in [2.05, 4.69) is 5.32 Å². The van der Waals surface area contributed by atoms with E-state index in [4.69, 9.17) is 16.3 Å². The lowest BCUT2D eigenvalue weighted by Crippen LogP contribution is -2.26. The Hall–Kier alpha value is -1.48. The van der Waals surface area contributed by atoms with Crippen LogP contribution in [0.25, 0.3) is 0 Å². The smallest absolute Gasteiger partial charge is 0.244 e. The van der Waals surface area contributed by atoms with E-state index >= 15 is 0 Å². The van der Waals surface area contributed by atoms with E-state index in [1.165, 1.54) is 6.08 Å². The number of hydrogen-bond acceptors (Lipinski definition) is 2. The van der Waals surface area contributed by atoms with E-state index in [1.54, 1.807) is 12.1 Å². The molecule has 4 heteroatoms. The van der Waals surface area contributed by atoms with Crippen LogP contribution in [0.15, 0.2) is 30.4 Å². The first-order chi connectivity index (χ1) is 8.70. The predicted molar refractivity (Wildman–Crippen MR) is 71.9 cm³/mol. The maximum atomic E-state index is 11.6. The number of carbonyl (C=O) groups is 1. The van der Waals surface area contributed by atoms with Crippen molar-refractivity contribution < 1.29 is 9.53 Å². The van der Waals surface area contributed by atoms with Gasteiger partial charge >= 0.3 is 0 Å². The van der Waals surface area contributed by atoms with Gasteiger partial charge in [-0.1, -0.05) is 17.7 Å². The van der Waals surface area contributed by atoms with Crippen LogP contribution in [0.2, 0.25) is 5.02 Å². The summed E-state index contributed by atoms with van der Waals surface area (Å²) in [6, 6.07) is 5.49. The molecule has 96 valence electrons. The van der Waals surface area contributed by atoms with Crippen molar-refractivity contribution in [2.24, 2.45) is 0 Å². The second-order valence-electron chi connectivity index (χ2n) is 4.23. The summed E-state index contributed by atoms with van der Waals surface area (Å²) in [6.07, 6.45) is 5.01. The van der Waals surface area contributed by atoms with Crippen LogP contribution in [0.3, 0.4) is 0 Å². The minimum absolute atomic E-state index is 0.0371. The number of carbonyl (C=O) groups excluding carboxylic acids is 1. The maximum absolute atomic E-state index is 11.6. The molecule has 1 heterocycles. The molecular weight excluding hydrogens is 250 g/mol. The average molecular weight is 266 g/mol. The van der Waals surface area contributed by atoms with Gasteiger partial charge in [0.2, 0.25) is 5.91 Å². The molecule has 0 aromatic heterocycles. The monoisotopic (exact) mass is 265 g/mol. The Kier molecular flexibility index (Phi) is 4.26. The average Bonchev–Trinajstić information content (AvgIpc) is 2.52. The summed E-state index contributed by atoms with van der Waals surface area (Å²) in [5, 5.41) is 3.64. The molecule has 1 amide bonds. The summed E-state index contributed by atoms with van der Waals surface area (Å²) in [7, 11) is 0. The summed E-state index contributed by atoms with van der Waals surface area (Å²) in [5.41, 5.74) is 0.956. The van der Waals surface area contributed by atoms with Crippen molar-refractivity contribution in [1.29, 1.82) is 0 Å². The zero-order chi connectivity index (χ0) is 13.0. The van der Waals surface area contributed by atoms with Crippen molar-refractivity contribution in [3.05, 3.63) is 40.9 Å². The number of ether oxygens (including phenoxy) is 1. The van der Waals surface area contributed by atoms with E-state index in [0.717, 1.165) is 24.2 Å². The molecule has 2 rings (SSSR count). The lowest BCUT2D eigenvalue weighted by molar-refractivity contribution is -0.117. The third-order valence-corrected chi connectivity index (χ3v) is 3.11. The minimum atomic E-state index is -0.0877. The fourth-order valence-electron chi connectivity index (χ4n) is 2.07. The fraction of sp³-hybridized carbons (Fsp3) is 0.357. The van der Waals surface area contributed by atoms with Gasteiger partial charge in [0, 0.05) is 10.6 Å². The van der Waals surface area contributed by atoms with Crippen LogP contribution in [0, 0.1) is 0 Å². The van der Waals surface area contributed by atoms with Crippen LogP contribution in [0.4, 0.5) is 0 Å². The Morgan fingerprint density at radius 1 is 1.56 bits per heavy atom. The number of amides is 1. The van der Waals surface area contributed by atoms with Crippen molar-refractivity contribution in [2.45, 2.75) is 25.8 Å². The van der Waals surface area contributed by atoms with Crippen LogP contribution < -0.4 is 10.1 Å². The molecule has 1 aliphatic rings. The molecule has 1 aliphatic heterocycles. The second kappa shape index (κ2) is 5.91. The lowest BCUT2D eigenvalue weighted by Gasteiger charge is -2.17. The van der Waals surface area contributed by atoms with Gasteiger partial charge in [0.05, 0.1) is 12.6 Å². The maximum Gasteiger partial charge on any atom is 0.244 e. The van der Waals surface area contributed by atoms with Gasteiger partial charge in [0.15, 0.2) is 0 Å². The van der Waals surface area contributed by atoms with Gasteiger partial charge in [0.1, 0.15) is 5.75 Å². The number of nitrogens with one attached hydrogen (secondary N) is 1. The summed E-state index contributed by atoms with van der Waals surface area (Å²) in [4.78, 5) is 11.6. The van der Waals surface area contributed by atoms with Crippen molar-refractivity contribution in [2.75, 3.05) is 6.61 Å². The summed E-state index contributed by atoms with van der Waals surface area (Å²) in [6.45, 7) is 2.49. The Morgan fingerprint density at radius 3 is 3.17 bits per heavy atom. The van der Waals surface area contributed by atoms with Gasteiger partial charge in [0.25, 0.3) is 0 Å². The Labute approximate surface area is 112 Å². The molecule has 1 aromatic rings. The molecule has 0 fully saturated rings. The van der Waals surface area contributed by atoms with Crippen molar-refractivity contribution in [1.82, 2.24) is 5.32 Å². The molecule has 1 aromatic carbocycles. The highest BCUT2D eigenvalue weighted by atomic mass is 35.5. The van der Waals surface area contributed by atoms with Crippen LogP contribution in [-0.4, -0.2) is 12.5 Å². The largest absolute Gasteiger partial charge is 0.493 e. The molecule has 0 saturated heterocycles. The quantitative estimate of drug-likeness (QED) is 0.834. The van der Waals surface area contributed by atoms with E-state index in [-0.39, 0.29) is 11.9 Å². The van der Waals surface area contributed by atoms with Crippen LogP contribution >= 0.6 is 11.6 Å². The molecule has 1 N–H and O–H groups in total. The second-order valence-corrected chi connectivity index (χ2v) is 4.67. The fourth-order valence-corrected chi connectivity index (χ4v) is 2.25. The Balaban J connectivity index is 2.26. The van der Waals surface area contributed by atoms with E-state index < -0.39 is 0 Å². The Bertz CT molecular complexity index is 471. The highest BCUT2D eigenvalue weighted by Gasteiger charge is 2.21. The normalized spacial score (nSPS) is 18.9. The molecular formula is C14H16ClNO2. The molecule has 0 aliphatic carbocycles. The number of hydrogen-bond donors (Lipinski definition) is 1. The number of allylic oxidation sites excluding steroid dienone is 1. The van der Waals surface area contributed by atoms with Gasteiger partial charge in [-0.15, -0.1) is 0 Å². The van der Waals surface area contributed by atoms with Gasteiger partial charge in [-0.25, -0.2) is 0 Å². The molecule has 1 atom stereocenters. The zero-order valence-corrected chi connectivity index (χ0v) is 11.0. The topological polar surface area (TPSA) is 38.3 Å². The number of fused-ring (bicyclic) bond motifs is 1. The van der Waals surface area contributed by atoms with E-state index in [1.807, 2.05) is 19.1 Å². The van der Waals surface area contributed by atoms with Gasteiger partial charge in [-0.3, -0.25) is 4.79 Å². The summed E-state index contributed by atoms with van der Waals surface area (Å²) in [5.74, 6) is 0.720. The SMILES string of the molecule is C/C=C/C(=O)NC1CCCOc2ccc(Cl)cc21. The standard InChI is InChI=1S/C14H16ClNO2/c1-2-4-14(17)16-12-5-3-8-18-13-7-6-10(15)9-11(12)13/h2,4,6-7,9,12H,3,5,8H2,1H3,(H,16,17)/b4-2+. The molecule has 0 saturated carbocycles. The van der Waals surface area contributed by atoms with Crippen molar-refractivity contribution in [3.8, 4) is 5.75 Å². The van der Waals surface area contributed by atoms with Gasteiger partial charge < -0.3 is 10.1 Å². The van der Waals surface area contributed by atoms with Crippen LogP contribution in [-0.2, 0) is 4.79 Å². The number of benzene rings is 1. The zero-order valence-electron chi connectivity index (χ0n) is 10.3.